The van der Waals surface area contributed by atoms with Gasteiger partial charge in [-0.25, -0.2) is 13.4 Å². The van der Waals surface area contributed by atoms with E-state index in [9.17, 15) is 13.2 Å². The molecule has 1 aliphatic heterocycles. The van der Waals surface area contributed by atoms with E-state index < -0.39 is 9.84 Å². The number of carbonyl (C=O) groups excluding carboxylic acids is 1. The van der Waals surface area contributed by atoms with Crippen molar-refractivity contribution in [1.82, 2.24) is 9.88 Å². The van der Waals surface area contributed by atoms with Gasteiger partial charge in [0.1, 0.15) is 5.69 Å². The van der Waals surface area contributed by atoms with Crippen LogP contribution in [0.25, 0.3) is 0 Å². The van der Waals surface area contributed by atoms with Crippen LogP contribution in [0.3, 0.4) is 0 Å². The molecule has 0 N–H and O–H groups in total. The highest BCUT2D eigenvalue weighted by Crippen LogP contribution is 2.27. The largest absolute Gasteiger partial charge is 0.337 e. The third-order valence-corrected chi connectivity index (χ3v) is 6.90. The first-order valence-corrected chi connectivity index (χ1v) is 11.1. The minimum atomic E-state index is -3.71. The van der Waals surface area contributed by atoms with E-state index >= 15 is 0 Å². The fourth-order valence-corrected chi connectivity index (χ4v) is 5.31. The highest BCUT2D eigenvalue weighted by atomic mass is 35.5. The molecule has 0 aliphatic carbocycles. The Bertz CT molecular complexity index is 963. The molecule has 0 radical (unpaired) electrons. The molecular formula is C19H20Cl2N2O3S. The molecule has 8 heteroatoms. The van der Waals surface area contributed by atoms with Gasteiger partial charge in [-0.05, 0) is 49.1 Å². The number of aromatic nitrogens is 1. The molecule has 0 saturated carbocycles. The molecule has 1 aromatic heterocycles. The summed E-state index contributed by atoms with van der Waals surface area (Å²) in [7, 11) is -3.71. The maximum absolute atomic E-state index is 12.7. The van der Waals surface area contributed by atoms with Crippen LogP contribution in [0.1, 0.15) is 35.9 Å². The van der Waals surface area contributed by atoms with Gasteiger partial charge in [-0.3, -0.25) is 4.79 Å². The van der Waals surface area contributed by atoms with E-state index in [4.69, 9.17) is 23.2 Å². The van der Waals surface area contributed by atoms with Crippen LogP contribution in [0.2, 0.25) is 10.0 Å². The first-order valence-electron chi connectivity index (χ1n) is 8.69. The van der Waals surface area contributed by atoms with Gasteiger partial charge in [0.25, 0.3) is 5.91 Å². The summed E-state index contributed by atoms with van der Waals surface area (Å²) in [5.41, 5.74) is 0.566. The van der Waals surface area contributed by atoms with Gasteiger partial charge in [0.2, 0.25) is 0 Å². The van der Waals surface area contributed by atoms with E-state index in [0.717, 1.165) is 12.8 Å². The first kappa shape index (κ1) is 20.1. The normalized spacial score (nSPS) is 17.7. The average molecular weight is 427 g/mol. The Balaban J connectivity index is 1.82. The van der Waals surface area contributed by atoms with Gasteiger partial charge < -0.3 is 4.90 Å². The Hall–Kier alpha value is -1.63. The Morgan fingerprint density at radius 2 is 2.04 bits per heavy atom. The molecule has 1 fully saturated rings. The summed E-state index contributed by atoms with van der Waals surface area (Å²) in [6, 6.07) is 9.11. The summed E-state index contributed by atoms with van der Waals surface area (Å²) in [5, 5.41) is 0.428. The maximum Gasteiger partial charge on any atom is 0.272 e. The summed E-state index contributed by atoms with van der Waals surface area (Å²) in [6.45, 7) is 3.52. The third-order valence-electron chi connectivity index (χ3n) is 4.54. The van der Waals surface area contributed by atoms with Crippen LogP contribution in [0, 0.1) is 5.92 Å². The molecule has 3 rings (SSSR count). The van der Waals surface area contributed by atoms with Crippen molar-refractivity contribution in [3.05, 3.63) is 57.8 Å². The summed E-state index contributed by atoms with van der Waals surface area (Å²) in [5.74, 6) is -0.0464. The number of amides is 1. The summed E-state index contributed by atoms with van der Waals surface area (Å²) in [4.78, 5) is 18.8. The zero-order chi connectivity index (χ0) is 19.6. The van der Waals surface area contributed by atoms with Gasteiger partial charge >= 0.3 is 0 Å². The van der Waals surface area contributed by atoms with Crippen molar-refractivity contribution in [3.8, 4) is 0 Å². The standard InChI is InChI=1S/C19H20Cl2N2O3S/c1-13-4-3-9-23(11-13)19(24)17-6-2-5-15(22-17)12-27(25,26)18-8-7-14(20)10-16(18)21/h2,5-8,10,13H,3-4,9,11-12H2,1H3. The van der Waals surface area contributed by atoms with Crippen molar-refractivity contribution in [2.24, 2.45) is 5.92 Å². The van der Waals surface area contributed by atoms with Crippen LogP contribution in [-0.2, 0) is 15.6 Å². The molecule has 2 aromatic rings. The second kappa shape index (κ2) is 8.17. The lowest BCUT2D eigenvalue weighted by Crippen LogP contribution is -2.39. The lowest BCUT2D eigenvalue weighted by atomic mass is 10.00. The average Bonchev–Trinajstić information content (AvgIpc) is 2.60. The fraction of sp³-hybridized carbons (Fsp3) is 0.368. The highest BCUT2D eigenvalue weighted by Gasteiger charge is 2.24. The van der Waals surface area contributed by atoms with Crippen molar-refractivity contribution in [2.45, 2.75) is 30.4 Å². The number of carbonyl (C=O) groups is 1. The van der Waals surface area contributed by atoms with Crippen molar-refractivity contribution in [1.29, 1.82) is 0 Å². The minimum Gasteiger partial charge on any atom is -0.337 e. The molecule has 1 aromatic carbocycles. The van der Waals surface area contributed by atoms with Crippen LogP contribution in [0.4, 0.5) is 0 Å². The van der Waals surface area contributed by atoms with Crippen LogP contribution < -0.4 is 0 Å². The SMILES string of the molecule is CC1CCCN(C(=O)c2cccc(CS(=O)(=O)c3ccc(Cl)cc3Cl)n2)C1. The second-order valence-electron chi connectivity index (χ2n) is 6.85. The number of nitrogens with zero attached hydrogens (tertiary/aromatic N) is 2. The number of benzene rings is 1. The van der Waals surface area contributed by atoms with Gasteiger partial charge in [0.05, 0.1) is 21.4 Å². The lowest BCUT2D eigenvalue weighted by Gasteiger charge is -2.30. The Kier molecular flexibility index (Phi) is 6.08. The van der Waals surface area contributed by atoms with E-state index in [1.54, 1.807) is 23.1 Å². The van der Waals surface area contributed by atoms with Gasteiger partial charge in [-0.2, -0.15) is 0 Å². The number of hydrogen-bond acceptors (Lipinski definition) is 4. The summed E-state index contributed by atoms with van der Waals surface area (Å²) in [6.07, 6.45) is 2.08. The Morgan fingerprint density at radius 3 is 2.74 bits per heavy atom. The van der Waals surface area contributed by atoms with Crippen molar-refractivity contribution in [3.63, 3.8) is 0 Å². The van der Waals surface area contributed by atoms with Gasteiger partial charge in [-0.15, -0.1) is 0 Å². The molecule has 1 saturated heterocycles. The molecule has 5 nitrogen and oxygen atoms in total. The molecule has 27 heavy (non-hydrogen) atoms. The Morgan fingerprint density at radius 1 is 1.26 bits per heavy atom. The molecule has 1 unspecified atom stereocenters. The lowest BCUT2D eigenvalue weighted by molar-refractivity contribution is 0.0677. The smallest absolute Gasteiger partial charge is 0.272 e. The number of rotatable bonds is 4. The van der Waals surface area contributed by atoms with E-state index in [1.807, 2.05) is 0 Å². The van der Waals surface area contributed by atoms with Gasteiger partial charge in [0.15, 0.2) is 9.84 Å². The van der Waals surface area contributed by atoms with Crippen molar-refractivity contribution >= 4 is 38.9 Å². The van der Waals surface area contributed by atoms with E-state index in [0.29, 0.717) is 29.7 Å². The predicted molar refractivity (Wildman–Crippen MR) is 106 cm³/mol. The predicted octanol–water partition coefficient (Wildman–Crippen LogP) is 4.23. The van der Waals surface area contributed by atoms with Gasteiger partial charge in [-0.1, -0.05) is 36.2 Å². The van der Waals surface area contributed by atoms with E-state index in [1.165, 1.54) is 18.2 Å². The van der Waals surface area contributed by atoms with E-state index in [-0.39, 0.29) is 27.3 Å². The second-order valence-corrected chi connectivity index (χ2v) is 9.65. The first-order chi connectivity index (χ1) is 12.8. The summed E-state index contributed by atoms with van der Waals surface area (Å²) < 4.78 is 25.4. The number of piperidine rings is 1. The molecule has 2 heterocycles. The third kappa shape index (κ3) is 4.81. The quantitative estimate of drug-likeness (QED) is 0.732. The summed E-state index contributed by atoms with van der Waals surface area (Å²) >= 11 is 11.9. The van der Waals surface area contributed by atoms with Crippen LogP contribution in [0.15, 0.2) is 41.3 Å². The molecule has 1 atom stereocenters. The number of hydrogen-bond donors (Lipinski definition) is 0. The van der Waals surface area contributed by atoms with Crippen molar-refractivity contribution < 1.29 is 13.2 Å². The molecule has 1 amide bonds. The number of pyridine rings is 1. The van der Waals surface area contributed by atoms with Crippen molar-refractivity contribution in [2.75, 3.05) is 13.1 Å². The zero-order valence-corrected chi connectivity index (χ0v) is 17.2. The van der Waals surface area contributed by atoms with Crippen LogP contribution >= 0.6 is 23.2 Å². The molecule has 0 bridgehead atoms. The topological polar surface area (TPSA) is 67.3 Å². The number of sulfone groups is 1. The molecular weight excluding hydrogens is 407 g/mol. The highest BCUT2D eigenvalue weighted by molar-refractivity contribution is 7.90. The van der Waals surface area contributed by atoms with E-state index in [2.05, 4.69) is 11.9 Å². The maximum atomic E-state index is 12.7. The number of halogens is 2. The minimum absolute atomic E-state index is 0.00282. The van der Waals surface area contributed by atoms with Crippen LogP contribution in [-0.4, -0.2) is 37.3 Å². The monoisotopic (exact) mass is 426 g/mol. The molecule has 1 aliphatic rings. The van der Waals surface area contributed by atoms with Gasteiger partial charge in [0, 0.05) is 18.1 Å². The number of likely N-dealkylation sites (tertiary alicyclic amines) is 1. The Labute approximate surface area is 169 Å². The zero-order valence-electron chi connectivity index (χ0n) is 14.9. The fourth-order valence-electron chi connectivity index (χ4n) is 3.21. The van der Waals surface area contributed by atoms with Crippen LogP contribution in [0.5, 0.6) is 0 Å². The molecule has 144 valence electrons. The molecule has 0 spiro atoms.